The van der Waals surface area contributed by atoms with Crippen molar-refractivity contribution in [1.29, 1.82) is 0 Å². The third-order valence-electron chi connectivity index (χ3n) is 1.20. The largest absolute Gasteiger partial charge is 0.522 e. The number of halogens is 3. The van der Waals surface area contributed by atoms with E-state index in [0.717, 1.165) is 0 Å². The third kappa shape index (κ3) is 2.94. The Bertz CT molecular complexity index is 334. The van der Waals surface area contributed by atoms with Gasteiger partial charge in [-0.2, -0.15) is 0 Å². The molecular weight excluding hydrogens is 193 g/mol. The summed E-state index contributed by atoms with van der Waals surface area (Å²) in [6.45, 7) is 0.445. The lowest BCUT2D eigenvalue weighted by Crippen LogP contribution is -2.13. The minimum atomic E-state index is -4.75. The van der Waals surface area contributed by atoms with Crippen LogP contribution in [0.1, 0.15) is 11.5 Å². The number of hydrogen-bond donors (Lipinski definition) is 0. The van der Waals surface area contributed by atoms with Gasteiger partial charge in [0.2, 0.25) is 0 Å². The molecule has 0 radical (unpaired) electrons. The Kier molecular flexibility index (Phi) is 2.46. The van der Waals surface area contributed by atoms with Crippen molar-refractivity contribution in [2.24, 2.45) is 0 Å². The smallest absolute Gasteiger partial charge is 0.396 e. The van der Waals surface area contributed by atoms with Crippen molar-refractivity contribution in [2.75, 3.05) is 0 Å². The molecule has 0 aliphatic carbocycles. The van der Waals surface area contributed by atoms with E-state index in [9.17, 15) is 18.0 Å². The van der Waals surface area contributed by atoms with Crippen LogP contribution in [0.15, 0.2) is 13.6 Å². The van der Waals surface area contributed by atoms with E-state index >= 15 is 0 Å². The Labute approximate surface area is 69.9 Å². The fraction of sp³-hybridized carbons (Fsp3) is 0.500. The minimum absolute atomic E-state index is 0.0192. The summed E-state index contributed by atoms with van der Waals surface area (Å²) < 4.78 is 46.5. The molecule has 1 heterocycles. The summed E-state index contributed by atoms with van der Waals surface area (Å²) in [6.07, 6.45) is -4.75. The molecule has 0 aromatic carbocycles. The van der Waals surface area contributed by atoms with Gasteiger partial charge < -0.3 is 8.83 Å². The Morgan fingerprint density at radius 2 is 2.00 bits per heavy atom. The van der Waals surface area contributed by atoms with Gasteiger partial charge >= 0.3 is 12.2 Å². The van der Waals surface area contributed by atoms with Crippen molar-refractivity contribution in [3.63, 3.8) is 0 Å². The second-order valence-corrected chi connectivity index (χ2v) is 2.17. The molecule has 0 atom stereocenters. The number of alkyl halides is 3. The lowest BCUT2D eigenvalue weighted by molar-refractivity contribution is -0.331. The molecule has 0 spiro atoms. The molecular formula is C6H5F3O4. The number of hydrogen-bond acceptors (Lipinski definition) is 4. The van der Waals surface area contributed by atoms with Gasteiger partial charge in [0.1, 0.15) is 12.4 Å². The molecule has 0 bridgehead atoms. The fourth-order valence-electron chi connectivity index (χ4n) is 0.654. The molecule has 7 heteroatoms. The van der Waals surface area contributed by atoms with Gasteiger partial charge in [0.15, 0.2) is 5.76 Å². The topological polar surface area (TPSA) is 52.6 Å². The van der Waals surface area contributed by atoms with Crippen LogP contribution in [-0.2, 0) is 11.3 Å². The molecule has 74 valence electrons. The molecule has 1 aromatic rings. The number of ether oxygens (including phenoxy) is 1. The van der Waals surface area contributed by atoms with Crippen LogP contribution in [0.2, 0.25) is 0 Å². The second-order valence-electron chi connectivity index (χ2n) is 2.17. The van der Waals surface area contributed by atoms with Crippen LogP contribution in [0.5, 0.6) is 0 Å². The molecule has 0 amide bonds. The maximum Gasteiger partial charge on any atom is 0.522 e. The van der Waals surface area contributed by atoms with E-state index in [-0.39, 0.29) is 11.5 Å². The predicted molar refractivity (Wildman–Crippen MR) is 32.8 cm³/mol. The van der Waals surface area contributed by atoms with Crippen LogP contribution in [0.3, 0.4) is 0 Å². The highest BCUT2D eigenvalue weighted by molar-refractivity contribution is 4.98. The summed E-state index contributed by atoms with van der Waals surface area (Å²) in [5, 5.41) is 0. The summed E-state index contributed by atoms with van der Waals surface area (Å²) in [5.74, 6) is -1.32. The lowest BCUT2D eigenvalue weighted by atomic mass is 10.4. The monoisotopic (exact) mass is 198 g/mol. The Hall–Kier alpha value is -1.24. The first-order valence-corrected chi connectivity index (χ1v) is 3.18. The van der Waals surface area contributed by atoms with Gasteiger partial charge in [-0.05, 0) is 6.92 Å². The highest BCUT2D eigenvalue weighted by Crippen LogP contribution is 2.19. The average molecular weight is 198 g/mol. The molecule has 0 fully saturated rings. The molecule has 0 aliphatic heterocycles. The van der Waals surface area contributed by atoms with E-state index in [1.165, 1.54) is 6.92 Å². The van der Waals surface area contributed by atoms with E-state index in [0.29, 0.717) is 0 Å². The molecule has 0 aliphatic rings. The summed E-state index contributed by atoms with van der Waals surface area (Å²) >= 11 is 0. The molecule has 13 heavy (non-hydrogen) atoms. The first kappa shape index (κ1) is 9.85. The van der Waals surface area contributed by atoms with E-state index in [4.69, 9.17) is 0 Å². The molecule has 1 rings (SSSR count). The summed E-state index contributed by atoms with van der Waals surface area (Å²) in [7, 11) is 0. The number of rotatable bonds is 2. The fourth-order valence-corrected chi connectivity index (χ4v) is 0.654. The van der Waals surface area contributed by atoms with Gasteiger partial charge in [-0.1, -0.05) is 0 Å². The normalized spacial score (nSPS) is 12.0. The van der Waals surface area contributed by atoms with Crippen LogP contribution >= 0.6 is 0 Å². The Morgan fingerprint density at radius 3 is 2.38 bits per heavy atom. The first-order chi connectivity index (χ1) is 5.88. The van der Waals surface area contributed by atoms with Gasteiger partial charge in [-0.3, -0.25) is 4.74 Å². The van der Waals surface area contributed by atoms with E-state index in [1.54, 1.807) is 0 Å². The van der Waals surface area contributed by atoms with Crippen molar-refractivity contribution < 1.29 is 26.7 Å². The van der Waals surface area contributed by atoms with Crippen LogP contribution in [0.4, 0.5) is 13.2 Å². The van der Waals surface area contributed by atoms with Crippen LogP contribution < -0.4 is 5.82 Å². The molecule has 0 saturated carbocycles. The van der Waals surface area contributed by atoms with Crippen molar-refractivity contribution in [2.45, 2.75) is 19.9 Å². The van der Waals surface area contributed by atoms with Crippen LogP contribution in [0, 0.1) is 6.92 Å². The standard InChI is InChI=1S/C6H5F3O4/c1-3-4(13-5(10)12-3)2-11-6(7,8)9/h2H2,1H3. The van der Waals surface area contributed by atoms with Crippen LogP contribution in [0.25, 0.3) is 0 Å². The Balaban J connectivity index is 2.65. The van der Waals surface area contributed by atoms with Crippen molar-refractivity contribution in [3.8, 4) is 0 Å². The van der Waals surface area contributed by atoms with Gasteiger partial charge in [0, 0.05) is 0 Å². The lowest BCUT2D eigenvalue weighted by Gasteiger charge is -2.04. The molecule has 4 nitrogen and oxygen atoms in total. The highest BCUT2D eigenvalue weighted by atomic mass is 19.4. The second kappa shape index (κ2) is 3.25. The first-order valence-electron chi connectivity index (χ1n) is 3.18. The van der Waals surface area contributed by atoms with E-state index < -0.39 is 18.8 Å². The van der Waals surface area contributed by atoms with E-state index in [2.05, 4.69) is 13.6 Å². The summed E-state index contributed by atoms with van der Waals surface area (Å²) in [5.41, 5.74) is 0. The number of aryl methyl sites for hydroxylation is 1. The maximum atomic E-state index is 11.5. The minimum Gasteiger partial charge on any atom is -0.396 e. The van der Waals surface area contributed by atoms with Gasteiger partial charge in [-0.25, -0.2) is 4.79 Å². The predicted octanol–water partition coefficient (Wildman–Crippen LogP) is 1.58. The zero-order valence-electron chi connectivity index (χ0n) is 6.47. The Morgan fingerprint density at radius 1 is 1.38 bits per heavy atom. The SMILES string of the molecule is Cc1oc(=O)oc1COC(F)(F)F. The zero-order chi connectivity index (χ0) is 10.1. The highest BCUT2D eigenvalue weighted by Gasteiger charge is 2.30. The molecule has 0 N–H and O–H groups in total. The van der Waals surface area contributed by atoms with Gasteiger partial charge in [0.05, 0.1) is 0 Å². The molecule has 0 unspecified atom stereocenters. The van der Waals surface area contributed by atoms with Crippen molar-refractivity contribution >= 4 is 0 Å². The summed E-state index contributed by atoms with van der Waals surface area (Å²) in [4.78, 5) is 10.4. The van der Waals surface area contributed by atoms with E-state index in [1.807, 2.05) is 0 Å². The average Bonchev–Trinajstić information content (AvgIpc) is 2.24. The van der Waals surface area contributed by atoms with Gasteiger partial charge in [-0.15, -0.1) is 13.2 Å². The third-order valence-corrected chi connectivity index (χ3v) is 1.20. The van der Waals surface area contributed by atoms with Crippen LogP contribution in [-0.4, -0.2) is 6.36 Å². The summed E-state index contributed by atoms with van der Waals surface area (Å²) in [6, 6.07) is 0. The van der Waals surface area contributed by atoms with Crippen molar-refractivity contribution in [1.82, 2.24) is 0 Å². The molecule has 0 saturated heterocycles. The van der Waals surface area contributed by atoms with Crippen molar-refractivity contribution in [3.05, 3.63) is 22.1 Å². The van der Waals surface area contributed by atoms with Gasteiger partial charge in [0.25, 0.3) is 0 Å². The zero-order valence-corrected chi connectivity index (χ0v) is 6.47. The maximum absolute atomic E-state index is 11.5. The molecule has 1 aromatic heterocycles. The quantitative estimate of drug-likeness (QED) is 0.723.